The fourth-order valence-corrected chi connectivity index (χ4v) is 2.29. The van der Waals surface area contributed by atoms with E-state index in [-0.39, 0.29) is 24.0 Å². The number of nitrogens with zero attached hydrogens (tertiary/aromatic N) is 1. The van der Waals surface area contributed by atoms with Crippen LogP contribution < -0.4 is 5.32 Å². The summed E-state index contributed by atoms with van der Waals surface area (Å²) in [6, 6.07) is -0.139. The molecule has 2 atom stereocenters. The fourth-order valence-electron chi connectivity index (χ4n) is 2.29. The molecule has 19 heavy (non-hydrogen) atoms. The molecule has 1 aliphatic heterocycles. The molecule has 110 valence electrons. The van der Waals surface area contributed by atoms with Gasteiger partial charge < -0.3 is 20.1 Å². The van der Waals surface area contributed by atoms with Crippen LogP contribution in [-0.4, -0.2) is 54.4 Å². The van der Waals surface area contributed by atoms with Gasteiger partial charge in [-0.2, -0.15) is 0 Å². The third-order valence-electron chi connectivity index (χ3n) is 3.56. The van der Waals surface area contributed by atoms with Crippen molar-refractivity contribution in [2.24, 2.45) is 5.92 Å². The number of hydrogen-bond donors (Lipinski definition) is 2. The molecule has 0 radical (unpaired) electrons. The number of methoxy groups -OCH3 is 1. The average Bonchev–Trinajstić information content (AvgIpc) is 2.35. The average molecular weight is 272 g/mol. The molecule has 1 aliphatic rings. The number of aliphatic carboxylic acids is 1. The molecule has 1 rings (SSSR count). The Hall–Kier alpha value is -1.30. The molecular formula is C13H24N2O4. The quantitative estimate of drug-likeness (QED) is 0.791. The first-order valence-corrected chi connectivity index (χ1v) is 6.66. The van der Waals surface area contributed by atoms with Crippen molar-refractivity contribution in [1.82, 2.24) is 10.2 Å². The summed E-state index contributed by atoms with van der Waals surface area (Å²) in [5, 5.41) is 11.4. The monoisotopic (exact) mass is 272 g/mol. The molecule has 6 nitrogen and oxygen atoms in total. The zero-order chi connectivity index (χ0) is 14.5. The molecule has 1 heterocycles. The van der Waals surface area contributed by atoms with Crippen molar-refractivity contribution in [3.8, 4) is 0 Å². The Morgan fingerprint density at radius 1 is 1.53 bits per heavy atom. The Morgan fingerprint density at radius 3 is 2.79 bits per heavy atom. The second-order valence-corrected chi connectivity index (χ2v) is 5.57. The number of urea groups is 1. The number of piperidine rings is 1. The SMILES string of the molecule is COC1(C)CCCN(C(=O)NCC(C)CC(=O)O)C1. The smallest absolute Gasteiger partial charge is 0.317 e. The van der Waals surface area contributed by atoms with Crippen molar-refractivity contribution in [2.45, 2.75) is 38.7 Å². The Bertz CT molecular complexity index is 335. The number of amides is 2. The van der Waals surface area contributed by atoms with E-state index in [0.29, 0.717) is 13.1 Å². The molecule has 0 aromatic heterocycles. The van der Waals surface area contributed by atoms with E-state index >= 15 is 0 Å². The Balaban J connectivity index is 2.39. The van der Waals surface area contributed by atoms with Gasteiger partial charge in [0.1, 0.15) is 0 Å². The summed E-state index contributed by atoms with van der Waals surface area (Å²) in [5.74, 6) is -0.910. The molecule has 0 spiro atoms. The first-order valence-electron chi connectivity index (χ1n) is 6.66. The molecule has 0 bridgehead atoms. The zero-order valence-corrected chi connectivity index (χ0v) is 11.9. The number of likely N-dealkylation sites (tertiary alicyclic amines) is 1. The maximum atomic E-state index is 12.0. The molecule has 2 unspecified atom stereocenters. The van der Waals surface area contributed by atoms with Gasteiger partial charge >= 0.3 is 12.0 Å². The van der Waals surface area contributed by atoms with Crippen molar-refractivity contribution in [1.29, 1.82) is 0 Å². The first-order chi connectivity index (χ1) is 8.86. The highest BCUT2D eigenvalue weighted by molar-refractivity contribution is 5.74. The van der Waals surface area contributed by atoms with Crippen molar-refractivity contribution in [3.63, 3.8) is 0 Å². The lowest BCUT2D eigenvalue weighted by Crippen LogP contribution is -2.53. The van der Waals surface area contributed by atoms with Gasteiger partial charge in [0.05, 0.1) is 12.1 Å². The van der Waals surface area contributed by atoms with Gasteiger partial charge in [0.25, 0.3) is 0 Å². The van der Waals surface area contributed by atoms with Crippen LogP contribution in [0.2, 0.25) is 0 Å². The summed E-state index contributed by atoms with van der Waals surface area (Å²) in [7, 11) is 1.66. The van der Waals surface area contributed by atoms with E-state index in [2.05, 4.69) is 5.32 Å². The van der Waals surface area contributed by atoms with Crippen LogP contribution in [0.5, 0.6) is 0 Å². The van der Waals surface area contributed by atoms with Gasteiger partial charge in [0.15, 0.2) is 0 Å². The van der Waals surface area contributed by atoms with E-state index < -0.39 is 5.97 Å². The van der Waals surface area contributed by atoms with Gasteiger partial charge in [-0.1, -0.05) is 6.92 Å². The van der Waals surface area contributed by atoms with Crippen LogP contribution in [0, 0.1) is 5.92 Å². The van der Waals surface area contributed by atoms with Crippen LogP contribution in [0.3, 0.4) is 0 Å². The Kier molecular flexibility index (Phi) is 5.60. The number of carboxylic acids is 1. The number of hydrogen-bond acceptors (Lipinski definition) is 3. The van der Waals surface area contributed by atoms with Crippen LogP contribution in [0.4, 0.5) is 4.79 Å². The highest BCUT2D eigenvalue weighted by atomic mass is 16.5. The van der Waals surface area contributed by atoms with Crippen molar-refractivity contribution in [2.75, 3.05) is 26.7 Å². The van der Waals surface area contributed by atoms with Gasteiger partial charge in [-0.25, -0.2) is 4.79 Å². The van der Waals surface area contributed by atoms with Crippen molar-refractivity contribution in [3.05, 3.63) is 0 Å². The standard InChI is InChI=1S/C13H24N2O4/c1-10(7-11(16)17)8-14-12(18)15-6-4-5-13(2,9-15)19-3/h10H,4-9H2,1-3H3,(H,14,18)(H,16,17). The van der Waals surface area contributed by atoms with Gasteiger partial charge in [0, 0.05) is 26.6 Å². The summed E-state index contributed by atoms with van der Waals surface area (Å²) >= 11 is 0. The zero-order valence-electron chi connectivity index (χ0n) is 11.9. The molecule has 2 N–H and O–H groups in total. The second-order valence-electron chi connectivity index (χ2n) is 5.57. The summed E-state index contributed by atoms with van der Waals surface area (Å²) in [6.07, 6.45) is 1.93. The van der Waals surface area contributed by atoms with Crippen LogP contribution >= 0.6 is 0 Å². The third-order valence-corrected chi connectivity index (χ3v) is 3.56. The van der Waals surface area contributed by atoms with E-state index in [1.54, 1.807) is 12.0 Å². The maximum absolute atomic E-state index is 12.0. The molecule has 6 heteroatoms. The lowest BCUT2D eigenvalue weighted by molar-refractivity contribution is -0.137. The Labute approximate surface area is 114 Å². The van der Waals surface area contributed by atoms with Crippen LogP contribution in [0.15, 0.2) is 0 Å². The van der Waals surface area contributed by atoms with E-state index in [4.69, 9.17) is 9.84 Å². The molecule has 0 saturated carbocycles. The van der Waals surface area contributed by atoms with Gasteiger partial charge in [0.2, 0.25) is 0 Å². The normalized spacial score (nSPS) is 24.9. The predicted molar refractivity (Wildman–Crippen MR) is 71.0 cm³/mol. The summed E-state index contributed by atoms with van der Waals surface area (Å²) in [4.78, 5) is 24.3. The van der Waals surface area contributed by atoms with E-state index in [1.807, 2.05) is 13.8 Å². The highest BCUT2D eigenvalue weighted by Crippen LogP contribution is 2.23. The summed E-state index contributed by atoms with van der Waals surface area (Å²) in [6.45, 7) is 5.48. The van der Waals surface area contributed by atoms with Crippen LogP contribution in [-0.2, 0) is 9.53 Å². The van der Waals surface area contributed by atoms with Crippen LogP contribution in [0.1, 0.15) is 33.1 Å². The predicted octanol–water partition coefficient (Wildman–Crippen LogP) is 1.31. The summed E-state index contributed by atoms with van der Waals surface area (Å²) in [5.41, 5.74) is -0.276. The number of carbonyl (C=O) groups excluding carboxylic acids is 1. The minimum atomic E-state index is -0.841. The van der Waals surface area contributed by atoms with E-state index in [1.165, 1.54) is 0 Å². The second kappa shape index (κ2) is 6.75. The minimum Gasteiger partial charge on any atom is -0.481 e. The fraction of sp³-hybridized carbons (Fsp3) is 0.846. The third kappa shape index (κ3) is 5.06. The lowest BCUT2D eigenvalue weighted by atomic mass is 9.95. The van der Waals surface area contributed by atoms with Crippen molar-refractivity contribution < 1.29 is 19.4 Å². The molecule has 0 aromatic rings. The largest absolute Gasteiger partial charge is 0.481 e. The van der Waals surface area contributed by atoms with Crippen LogP contribution in [0.25, 0.3) is 0 Å². The van der Waals surface area contributed by atoms with Crippen molar-refractivity contribution >= 4 is 12.0 Å². The maximum Gasteiger partial charge on any atom is 0.317 e. The first kappa shape index (κ1) is 15.8. The molecule has 0 aromatic carbocycles. The topological polar surface area (TPSA) is 78.9 Å². The molecular weight excluding hydrogens is 248 g/mol. The molecule has 1 fully saturated rings. The molecule has 1 saturated heterocycles. The number of nitrogens with one attached hydrogen (secondary N) is 1. The number of carbonyl (C=O) groups is 2. The van der Waals surface area contributed by atoms with Gasteiger partial charge in [-0.15, -0.1) is 0 Å². The lowest BCUT2D eigenvalue weighted by Gasteiger charge is -2.39. The Morgan fingerprint density at radius 2 is 2.21 bits per heavy atom. The minimum absolute atomic E-state index is 0.0655. The van der Waals surface area contributed by atoms with E-state index in [0.717, 1.165) is 19.4 Å². The van der Waals surface area contributed by atoms with Gasteiger partial charge in [-0.05, 0) is 25.7 Å². The highest BCUT2D eigenvalue weighted by Gasteiger charge is 2.32. The number of ether oxygens (including phenoxy) is 1. The number of carboxylic acid groups (broad SMARTS) is 1. The number of rotatable bonds is 5. The molecule has 2 amide bonds. The van der Waals surface area contributed by atoms with Gasteiger partial charge in [-0.3, -0.25) is 4.79 Å². The summed E-state index contributed by atoms with van der Waals surface area (Å²) < 4.78 is 5.44. The van der Waals surface area contributed by atoms with E-state index in [9.17, 15) is 9.59 Å². The molecule has 0 aliphatic carbocycles.